The van der Waals surface area contributed by atoms with Crippen LogP contribution in [0.4, 0.5) is 0 Å². The molecule has 2 aliphatic heterocycles. The number of hydrogen-bond donors (Lipinski definition) is 1. The van der Waals surface area contributed by atoms with E-state index in [1.54, 1.807) is 0 Å². The molecule has 5 heteroatoms. The molecule has 2 fully saturated rings. The Morgan fingerprint density at radius 1 is 1.39 bits per heavy atom. The van der Waals surface area contributed by atoms with Gasteiger partial charge in [-0.2, -0.15) is 0 Å². The van der Waals surface area contributed by atoms with Crippen LogP contribution in [-0.2, 0) is 14.9 Å². The number of nitrogens with zero attached hydrogens (tertiary/aromatic N) is 1. The van der Waals surface area contributed by atoms with Crippen LogP contribution in [-0.4, -0.2) is 48.8 Å². The Bertz CT molecular complexity index is 557. The lowest BCUT2D eigenvalue weighted by molar-refractivity contribution is -0.143. The Balaban J connectivity index is 1.90. The molecular weight excluding hydrogens is 314 g/mol. The van der Waals surface area contributed by atoms with E-state index < -0.39 is 5.41 Å². The van der Waals surface area contributed by atoms with Gasteiger partial charge in [0.1, 0.15) is 0 Å². The van der Waals surface area contributed by atoms with Crippen molar-refractivity contribution in [1.82, 2.24) is 4.90 Å². The van der Waals surface area contributed by atoms with Gasteiger partial charge >= 0.3 is 0 Å². The zero-order chi connectivity index (χ0) is 16.3. The number of amides is 1. The van der Waals surface area contributed by atoms with Crippen LogP contribution in [0.5, 0.6) is 0 Å². The predicted molar refractivity (Wildman–Crippen MR) is 89.6 cm³/mol. The Kier molecular flexibility index (Phi) is 5.24. The SMILES string of the molecule is O=C(N1CCCC(CO)C1)C1(c2cccc(Cl)c2)CCOCC1. The number of aliphatic hydroxyl groups excluding tert-OH is 1. The fourth-order valence-electron chi connectivity index (χ4n) is 3.83. The summed E-state index contributed by atoms with van der Waals surface area (Å²) in [5.74, 6) is 0.366. The largest absolute Gasteiger partial charge is 0.396 e. The van der Waals surface area contributed by atoms with E-state index >= 15 is 0 Å². The second-order valence-corrected chi connectivity index (χ2v) is 7.08. The van der Waals surface area contributed by atoms with Crippen LogP contribution in [0.15, 0.2) is 24.3 Å². The standard InChI is InChI=1S/C18H24ClNO3/c19-16-5-1-4-15(11-16)18(6-9-23-10-7-18)17(22)20-8-2-3-14(12-20)13-21/h1,4-5,11,14,21H,2-3,6-10,12-13H2. The van der Waals surface area contributed by atoms with E-state index in [1.165, 1.54) is 0 Å². The van der Waals surface area contributed by atoms with E-state index in [0.717, 1.165) is 24.9 Å². The van der Waals surface area contributed by atoms with Crippen molar-refractivity contribution in [1.29, 1.82) is 0 Å². The topological polar surface area (TPSA) is 49.8 Å². The Labute approximate surface area is 142 Å². The van der Waals surface area contributed by atoms with Crippen molar-refractivity contribution in [2.75, 3.05) is 32.9 Å². The number of ether oxygens (including phenoxy) is 1. The molecule has 23 heavy (non-hydrogen) atoms. The molecule has 0 radical (unpaired) electrons. The van der Waals surface area contributed by atoms with Crippen molar-refractivity contribution in [3.05, 3.63) is 34.9 Å². The quantitative estimate of drug-likeness (QED) is 0.922. The molecule has 1 unspecified atom stereocenters. The lowest BCUT2D eigenvalue weighted by Crippen LogP contribution is -2.52. The van der Waals surface area contributed by atoms with Gasteiger partial charge in [-0.1, -0.05) is 23.7 Å². The van der Waals surface area contributed by atoms with Crippen molar-refractivity contribution in [3.8, 4) is 0 Å². The van der Waals surface area contributed by atoms with Crippen molar-refractivity contribution >= 4 is 17.5 Å². The van der Waals surface area contributed by atoms with Gasteiger partial charge in [-0.25, -0.2) is 0 Å². The summed E-state index contributed by atoms with van der Waals surface area (Å²) in [6.07, 6.45) is 3.32. The zero-order valence-electron chi connectivity index (χ0n) is 13.3. The van der Waals surface area contributed by atoms with Crippen LogP contribution in [0.3, 0.4) is 0 Å². The number of carbonyl (C=O) groups excluding carboxylic acids is 1. The molecule has 0 bridgehead atoms. The Hall–Kier alpha value is -1.10. The molecule has 0 saturated carbocycles. The normalized spacial score (nSPS) is 24.4. The van der Waals surface area contributed by atoms with Crippen LogP contribution >= 0.6 is 11.6 Å². The molecular formula is C18H24ClNO3. The van der Waals surface area contributed by atoms with Crippen LogP contribution in [0.2, 0.25) is 5.02 Å². The molecule has 126 valence electrons. The second-order valence-electron chi connectivity index (χ2n) is 6.65. The predicted octanol–water partition coefficient (Wildman–Crippen LogP) is 2.62. The van der Waals surface area contributed by atoms with Gasteiger partial charge in [-0.3, -0.25) is 4.79 Å². The molecule has 2 aliphatic rings. The second kappa shape index (κ2) is 7.20. The number of carbonyl (C=O) groups is 1. The van der Waals surface area contributed by atoms with Gasteiger partial charge in [0.05, 0.1) is 5.41 Å². The minimum Gasteiger partial charge on any atom is -0.396 e. The number of rotatable bonds is 3. The Morgan fingerprint density at radius 2 is 2.17 bits per heavy atom. The third kappa shape index (κ3) is 3.39. The molecule has 0 aromatic heterocycles. The summed E-state index contributed by atoms with van der Waals surface area (Å²) in [4.78, 5) is 15.3. The first-order valence-electron chi connectivity index (χ1n) is 8.40. The van der Waals surface area contributed by atoms with Gasteiger partial charge in [-0.05, 0) is 49.3 Å². The number of aliphatic hydroxyl groups is 1. The van der Waals surface area contributed by atoms with Gasteiger partial charge in [0.25, 0.3) is 0 Å². The molecule has 1 amide bonds. The molecule has 2 saturated heterocycles. The van der Waals surface area contributed by atoms with Crippen LogP contribution in [0.25, 0.3) is 0 Å². The van der Waals surface area contributed by atoms with E-state index in [4.69, 9.17) is 16.3 Å². The molecule has 3 rings (SSSR count). The Morgan fingerprint density at radius 3 is 2.87 bits per heavy atom. The maximum absolute atomic E-state index is 13.4. The maximum Gasteiger partial charge on any atom is 0.233 e. The highest BCUT2D eigenvalue weighted by atomic mass is 35.5. The van der Waals surface area contributed by atoms with E-state index in [-0.39, 0.29) is 18.4 Å². The summed E-state index contributed by atoms with van der Waals surface area (Å²) in [5, 5.41) is 10.1. The summed E-state index contributed by atoms with van der Waals surface area (Å²) in [5.41, 5.74) is 0.449. The van der Waals surface area contributed by atoms with E-state index in [1.807, 2.05) is 29.2 Å². The molecule has 2 heterocycles. The average molecular weight is 338 g/mol. The summed E-state index contributed by atoms with van der Waals surface area (Å²) in [7, 11) is 0. The highest BCUT2D eigenvalue weighted by Gasteiger charge is 2.44. The summed E-state index contributed by atoms with van der Waals surface area (Å²) >= 11 is 6.17. The molecule has 1 N–H and O–H groups in total. The smallest absolute Gasteiger partial charge is 0.233 e. The van der Waals surface area contributed by atoms with Gasteiger partial charge in [0, 0.05) is 37.9 Å². The summed E-state index contributed by atoms with van der Waals surface area (Å²) in [6.45, 7) is 2.76. The van der Waals surface area contributed by atoms with Gasteiger partial charge < -0.3 is 14.7 Å². The molecule has 4 nitrogen and oxygen atoms in total. The molecule has 1 aromatic carbocycles. The van der Waals surface area contributed by atoms with E-state index in [9.17, 15) is 9.90 Å². The van der Waals surface area contributed by atoms with Crippen molar-refractivity contribution in [2.24, 2.45) is 5.92 Å². The van der Waals surface area contributed by atoms with Gasteiger partial charge in [0.2, 0.25) is 5.91 Å². The summed E-state index contributed by atoms with van der Waals surface area (Å²) < 4.78 is 5.51. The average Bonchev–Trinajstić information content (AvgIpc) is 2.61. The minimum atomic E-state index is -0.541. The first kappa shape index (κ1) is 16.7. The first-order valence-corrected chi connectivity index (χ1v) is 8.77. The minimum absolute atomic E-state index is 0.150. The highest BCUT2D eigenvalue weighted by molar-refractivity contribution is 6.30. The number of piperidine rings is 1. The molecule has 1 atom stereocenters. The number of likely N-dealkylation sites (tertiary alicyclic amines) is 1. The highest BCUT2D eigenvalue weighted by Crippen LogP contribution is 2.38. The first-order chi connectivity index (χ1) is 11.2. The van der Waals surface area contributed by atoms with Crippen molar-refractivity contribution < 1.29 is 14.6 Å². The van der Waals surface area contributed by atoms with Gasteiger partial charge in [0.15, 0.2) is 0 Å². The maximum atomic E-state index is 13.4. The number of hydrogen-bond acceptors (Lipinski definition) is 3. The van der Waals surface area contributed by atoms with Crippen LogP contribution < -0.4 is 0 Å². The van der Waals surface area contributed by atoms with Crippen molar-refractivity contribution in [2.45, 2.75) is 31.1 Å². The zero-order valence-corrected chi connectivity index (χ0v) is 14.1. The third-order valence-electron chi connectivity index (χ3n) is 5.20. The van der Waals surface area contributed by atoms with Gasteiger partial charge in [-0.15, -0.1) is 0 Å². The fourth-order valence-corrected chi connectivity index (χ4v) is 4.02. The van der Waals surface area contributed by atoms with Crippen LogP contribution in [0, 0.1) is 5.92 Å². The molecule has 1 aromatic rings. The number of benzene rings is 1. The van der Waals surface area contributed by atoms with Crippen LogP contribution in [0.1, 0.15) is 31.2 Å². The van der Waals surface area contributed by atoms with E-state index in [2.05, 4.69) is 0 Å². The van der Waals surface area contributed by atoms with Crippen molar-refractivity contribution in [3.63, 3.8) is 0 Å². The number of halogens is 1. The van der Waals surface area contributed by atoms with E-state index in [0.29, 0.717) is 37.6 Å². The fraction of sp³-hybridized carbons (Fsp3) is 0.611. The third-order valence-corrected chi connectivity index (χ3v) is 5.43. The molecule has 0 spiro atoms. The lowest BCUT2D eigenvalue weighted by Gasteiger charge is -2.42. The lowest BCUT2D eigenvalue weighted by atomic mass is 9.72. The summed E-state index contributed by atoms with van der Waals surface area (Å²) in [6, 6.07) is 7.67. The monoisotopic (exact) mass is 337 g/mol. The molecule has 0 aliphatic carbocycles.